The summed E-state index contributed by atoms with van der Waals surface area (Å²) in [4.78, 5) is 24.1. The number of carboxylic acids is 1. The van der Waals surface area contributed by atoms with Crippen LogP contribution >= 0.6 is 0 Å². The van der Waals surface area contributed by atoms with E-state index in [0.717, 1.165) is 24.0 Å². The molecule has 0 saturated heterocycles. The lowest BCUT2D eigenvalue weighted by Crippen LogP contribution is -2.37. The van der Waals surface area contributed by atoms with E-state index in [-0.39, 0.29) is 23.3 Å². The van der Waals surface area contributed by atoms with Gasteiger partial charge in [0.25, 0.3) is 0 Å². The van der Waals surface area contributed by atoms with Crippen LogP contribution in [-0.4, -0.2) is 17.0 Å². The third kappa shape index (κ3) is 2.60. The van der Waals surface area contributed by atoms with E-state index in [1.807, 2.05) is 6.07 Å². The highest BCUT2D eigenvalue weighted by atomic mass is 19.1. The number of halogens is 1. The van der Waals surface area contributed by atoms with Gasteiger partial charge < -0.3 is 10.4 Å². The molecule has 1 fully saturated rings. The fraction of sp³-hybridized carbons (Fsp3) is 0.300. The van der Waals surface area contributed by atoms with Crippen LogP contribution in [0.4, 0.5) is 4.39 Å². The number of aryl methyl sites for hydroxylation is 1. The minimum Gasteiger partial charge on any atom is -0.478 e. The van der Waals surface area contributed by atoms with Crippen molar-refractivity contribution in [2.75, 3.05) is 0 Å². The molecule has 1 saturated carbocycles. The summed E-state index contributed by atoms with van der Waals surface area (Å²) in [7, 11) is 0. The molecule has 0 radical (unpaired) electrons. The molecule has 0 unspecified atom stereocenters. The molecule has 2 aliphatic carbocycles. The maximum absolute atomic E-state index is 14.1. The normalized spacial score (nSPS) is 20.0. The molecule has 0 heterocycles. The van der Waals surface area contributed by atoms with Crippen molar-refractivity contribution in [3.8, 4) is 0 Å². The summed E-state index contributed by atoms with van der Waals surface area (Å²) in [5.74, 6) is -1.50. The Morgan fingerprint density at radius 2 is 1.92 bits per heavy atom. The van der Waals surface area contributed by atoms with E-state index in [4.69, 9.17) is 0 Å². The minimum atomic E-state index is -0.982. The third-order valence-corrected chi connectivity index (χ3v) is 5.35. The Balaban J connectivity index is 1.59. The number of hydrogen-bond donors (Lipinski definition) is 2. The number of benzene rings is 2. The van der Waals surface area contributed by atoms with Gasteiger partial charge in [0.05, 0.1) is 17.0 Å². The van der Waals surface area contributed by atoms with Gasteiger partial charge in [0.15, 0.2) is 0 Å². The van der Waals surface area contributed by atoms with Crippen molar-refractivity contribution in [1.29, 1.82) is 0 Å². The topological polar surface area (TPSA) is 66.4 Å². The van der Waals surface area contributed by atoms with Gasteiger partial charge in [0.2, 0.25) is 5.91 Å². The first-order chi connectivity index (χ1) is 12.0. The van der Waals surface area contributed by atoms with Crippen molar-refractivity contribution >= 4 is 11.9 Å². The van der Waals surface area contributed by atoms with Gasteiger partial charge in [-0.25, -0.2) is 9.18 Å². The summed E-state index contributed by atoms with van der Waals surface area (Å²) < 4.78 is 14.1. The van der Waals surface area contributed by atoms with Crippen molar-refractivity contribution in [3.05, 3.63) is 70.5 Å². The smallest absolute Gasteiger partial charge is 0.335 e. The molecule has 4 nitrogen and oxygen atoms in total. The number of carboxylic acid groups (broad SMARTS) is 1. The van der Waals surface area contributed by atoms with E-state index in [2.05, 4.69) is 5.32 Å². The molecular formula is C20H18FNO3. The van der Waals surface area contributed by atoms with Gasteiger partial charge >= 0.3 is 5.97 Å². The number of nitrogens with one attached hydrogen (secondary N) is 1. The van der Waals surface area contributed by atoms with Gasteiger partial charge in [-0.3, -0.25) is 4.79 Å². The van der Waals surface area contributed by atoms with Crippen molar-refractivity contribution in [2.45, 2.75) is 37.1 Å². The lowest BCUT2D eigenvalue weighted by molar-refractivity contribution is -0.124. The van der Waals surface area contributed by atoms with Crippen molar-refractivity contribution in [1.82, 2.24) is 5.32 Å². The van der Waals surface area contributed by atoms with Crippen molar-refractivity contribution in [3.63, 3.8) is 0 Å². The number of amides is 1. The average Bonchev–Trinajstić information content (AvgIpc) is 3.32. The van der Waals surface area contributed by atoms with E-state index in [9.17, 15) is 19.1 Å². The molecular weight excluding hydrogens is 321 g/mol. The monoisotopic (exact) mass is 339 g/mol. The van der Waals surface area contributed by atoms with Gasteiger partial charge in [0.1, 0.15) is 5.82 Å². The van der Waals surface area contributed by atoms with Gasteiger partial charge in [-0.1, -0.05) is 24.3 Å². The fourth-order valence-electron chi connectivity index (χ4n) is 3.77. The zero-order valence-corrected chi connectivity index (χ0v) is 13.6. The summed E-state index contributed by atoms with van der Waals surface area (Å²) in [5.41, 5.74) is 1.81. The first kappa shape index (κ1) is 15.8. The van der Waals surface area contributed by atoms with Gasteiger partial charge in [-0.2, -0.15) is 0 Å². The fourth-order valence-corrected chi connectivity index (χ4v) is 3.77. The molecule has 1 amide bonds. The average molecular weight is 339 g/mol. The number of aromatic carboxylic acids is 1. The molecule has 4 rings (SSSR count). The number of carbonyl (C=O) groups excluding carboxylic acids is 1. The van der Waals surface area contributed by atoms with E-state index < -0.39 is 11.4 Å². The Morgan fingerprint density at radius 1 is 1.16 bits per heavy atom. The van der Waals surface area contributed by atoms with Crippen LogP contribution in [0.3, 0.4) is 0 Å². The molecule has 0 spiro atoms. The van der Waals surface area contributed by atoms with E-state index >= 15 is 0 Å². The predicted molar refractivity (Wildman–Crippen MR) is 89.9 cm³/mol. The molecule has 2 N–H and O–H groups in total. The predicted octanol–water partition coefficient (Wildman–Crippen LogP) is 3.36. The standard InChI is InChI=1S/C20H18FNO3/c21-16-4-2-1-3-15(16)20(9-10-20)19(25)22-17-8-7-12-5-6-13(18(23)24)11-14(12)17/h1-6,11,17H,7-10H2,(H,22,25)(H,23,24)/t17-/m1/s1. The zero-order chi connectivity index (χ0) is 17.6. The quantitative estimate of drug-likeness (QED) is 0.898. The number of fused-ring (bicyclic) bond motifs is 1. The first-order valence-corrected chi connectivity index (χ1v) is 8.43. The molecule has 0 aromatic heterocycles. The second kappa shape index (κ2) is 5.69. The molecule has 0 bridgehead atoms. The SMILES string of the molecule is O=C(O)c1ccc2c(c1)[C@H](NC(=O)C1(c3ccccc3F)CC1)CC2. The van der Waals surface area contributed by atoms with Crippen LogP contribution in [-0.2, 0) is 16.6 Å². The maximum Gasteiger partial charge on any atom is 0.335 e. The lowest BCUT2D eigenvalue weighted by atomic mass is 9.93. The van der Waals surface area contributed by atoms with E-state index in [0.29, 0.717) is 18.4 Å². The summed E-state index contributed by atoms with van der Waals surface area (Å²) in [6, 6.07) is 11.2. The molecule has 1 atom stereocenters. The largest absolute Gasteiger partial charge is 0.478 e. The first-order valence-electron chi connectivity index (χ1n) is 8.43. The Kier molecular flexibility index (Phi) is 3.60. The van der Waals surface area contributed by atoms with Crippen LogP contribution in [0.2, 0.25) is 0 Å². The Morgan fingerprint density at radius 3 is 2.60 bits per heavy atom. The zero-order valence-electron chi connectivity index (χ0n) is 13.6. The molecule has 5 heteroatoms. The summed E-state index contributed by atoms with van der Waals surface area (Å²) >= 11 is 0. The van der Waals surface area contributed by atoms with E-state index in [1.54, 1.807) is 30.3 Å². The van der Waals surface area contributed by atoms with Crippen molar-refractivity contribution < 1.29 is 19.1 Å². The highest BCUT2D eigenvalue weighted by Gasteiger charge is 2.53. The molecule has 2 aliphatic rings. The summed E-state index contributed by atoms with van der Waals surface area (Å²) in [6.07, 6.45) is 2.80. The second-order valence-electron chi connectivity index (χ2n) is 6.85. The Hall–Kier alpha value is -2.69. The van der Waals surface area contributed by atoms with Crippen LogP contribution in [0, 0.1) is 5.82 Å². The van der Waals surface area contributed by atoms with Crippen LogP contribution in [0.25, 0.3) is 0 Å². The highest BCUT2D eigenvalue weighted by Crippen LogP contribution is 2.50. The number of carbonyl (C=O) groups is 2. The van der Waals surface area contributed by atoms with Crippen LogP contribution in [0.15, 0.2) is 42.5 Å². The second-order valence-corrected chi connectivity index (χ2v) is 6.85. The van der Waals surface area contributed by atoms with Crippen LogP contribution in [0.1, 0.15) is 52.4 Å². The molecule has 2 aromatic rings. The van der Waals surface area contributed by atoms with Gasteiger partial charge in [-0.05, 0) is 55.0 Å². The Labute approximate surface area is 144 Å². The molecule has 2 aromatic carbocycles. The molecule has 0 aliphatic heterocycles. The number of hydrogen-bond acceptors (Lipinski definition) is 2. The van der Waals surface area contributed by atoms with Crippen molar-refractivity contribution in [2.24, 2.45) is 0 Å². The molecule has 128 valence electrons. The lowest BCUT2D eigenvalue weighted by Gasteiger charge is -2.21. The maximum atomic E-state index is 14.1. The Bertz CT molecular complexity index is 873. The minimum absolute atomic E-state index is 0.170. The van der Waals surface area contributed by atoms with Gasteiger partial charge in [0, 0.05) is 5.56 Å². The van der Waals surface area contributed by atoms with Crippen LogP contribution < -0.4 is 5.32 Å². The summed E-state index contributed by atoms with van der Waals surface area (Å²) in [5, 5.41) is 12.2. The summed E-state index contributed by atoms with van der Waals surface area (Å²) in [6.45, 7) is 0. The molecule has 25 heavy (non-hydrogen) atoms. The third-order valence-electron chi connectivity index (χ3n) is 5.35. The van der Waals surface area contributed by atoms with Gasteiger partial charge in [-0.15, -0.1) is 0 Å². The van der Waals surface area contributed by atoms with Crippen LogP contribution in [0.5, 0.6) is 0 Å². The van der Waals surface area contributed by atoms with E-state index in [1.165, 1.54) is 6.07 Å². The highest BCUT2D eigenvalue weighted by molar-refractivity contribution is 5.92. The number of rotatable bonds is 4.